The van der Waals surface area contributed by atoms with Crippen molar-refractivity contribution in [3.8, 4) is 5.75 Å². The number of anilines is 1. The Morgan fingerprint density at radius 2 is 1.74 bits per heavy atom. The normalized spacial score (nSPS) is 11.6. The Bertz CT molecular complexity index is 830. The van der Waals surface area contributed by atoms with Crippen molar-refractivity contribution in [3.05, 3.63) is 53.8 Å². The quantitative estimate of drug-likeness (QED) is 0.436. The van der Waals surface area contributed by atoms with E-state index in [0.717, 1.165) is 11.0 Å². The molecule has 0 radical (unpaired) electrons. The lowest BCUT2D eigenvalue weighted by Crippen LogP contribution is -2.31. The summed E-state index contributed by atoms with van der Waals surface area (Å²) in [6.07, 6.45) is -1.25. The van der Waals surface area contributed by atoms with Crippen molar-refractivity contribution in [3.63, 3.8) is 0 Å². The van der Waals surface area contributed by atoms with E-state index in [4.69, 9.17) is 9.47 Å². The first kappa shape index (κ1) is 20.6. The van der Waals surface area contributed by atoms with Gasteiger partial charge in [0.15, 0.2) is 23.6 Å². The van der Waals surface area contributed by atoms with Gasteiger partial charge in [-0.15, -0.1) is 11.8 Å². The fraction of sp³-hybridized carbons (Fsp3) is 0.222. The maximum absolute atomic E-state index is 13.6. The van der Waals surface area contributed by atoms with Crippen LogP contribution in [-0.4, -0.2) is 30.8 Å². The molecule has 0 aromatic heterocycles. The average Bonchev–Trinajstić information content (AvgIpc) is 2.67. The highest BCUT2D eigenvalue weighted by Crippen LogP contribution is 2.22. The monoisotopic (exact) mass is 399 g/mol. The van der Waals surface area contributed by atoms with Gasteiger partial charge in [0.05, 0.1) is 18.6 Å². The van der Waals surface area contributed by atoms with Crippen LogP contribution < -0.4 is 10.1 Å². The molecule has 1 amide bonds. The highest BCUT2D eigenvalue weighted by atomic mass is 32.2. The molecule has 2 rings (SSSR count). The molecule has 0 heterocycles. The van der Waals surface area contributed by atoms with E-state index < -0.39 is 41.1 Å². The largest absolute Gasteiger partial charge is 0.497 e. The van der Waals surface area contributed by atoms with Gasteiger partial charge in [0.1, 0.15) is 5.75 Å². The summed E-state index contributed by atoms with van der Waals surface area (Å²) in [6.45, 7) is 1.28. The average molecular weight is 399 g/mol. The van der Waals surface area contributed by atoms with Crippen LogP contribution in [0.5, 0.6) is 5.75 Å². The van der Waals surface area contributed by atoms with E-state index in [1.54, 1.807) is 24.3 Å². The molecule has 0 aliphatic rings. The van der Waals surface area contributed by atoms with Crippen LogP contribution in [0, 0.1) is 17.5 Å². The summed E-state index contributed by atoms with van der Waals surface area (Å²) < 4.78 is 49.6. The predicted molar refractivity (Wildman–Crippen MR) is 94.2 cm³/mol. The summed E-state index contributed by atoms with van der Waals surface area (Å²) in [4.78, 5) is 24.6. The van der Waals surface area contributed by atoms with E-state index in [1.807, 2.05) is 0 Å². The van der Waals surface area contributed by atoms with Crippen molar-refractivity contribution in [2.75, 3.05) is 18.2 Å². The van der Waals surface area contributed by atoms with Crippen LogP contribution in [0.15, 0.2) is 41.3 Å². The molecule has 2 aromatic carbocycles. The topological polar surface area (TPSA) is 64.6 Å². The second kappa shape index (κ2) is 9.31. The first-order valence-electron chi connectivity index (χ1n) is 7.72. The number of thioether (sulfide) groups is 1. The van der Waals surface area contributed by atoms with Crippen molar-refractivity contribution in [2.24, 2.45) is 0 Å². The number of amides is 1. The lowest BCUT2D eigenvalue weighted by Gasteiger charge is -2.14. The predicted octanol–water partition coefficient (Wildman–Crippen LogP) is 3.78. The number of methoxy groups -OCH3 is 1. The van der Waals surface area contributed by atoms with E-state index >= 15 is 0 Å². The van der Waals surface area contributed by atoms with Crippen LogP contribution in [0.25, 0.3) is 0 Å². The number of carbonyl (C=O) groups is 2. The summed E-state index contributed by atoms with van der Waals surface area (Å²) in [5.74, 6) is -5.52. The van der Waals surface area contributed by atoms with E-state index in [1.165, 1.54) is 25.8 Å². The molecule has 27 heavy (non-hydrogen) atoms. The van der Waals surface area contributed by atoms with Crippen LogP contribution in [0.3, 0.4) is 0 Å². The number of rotatable bonds is 7. The first-order chi connectivity index (χ1) is 12.8. The Morgan fingerprint density at radius 1 is 1.07 bits per heavy atom. The van der Waals surface area contributed by atoms with Crippen LogP contribution in [0.1, 0.15) is 6.92 Å². The van der Waals surface area contributed by atoms with Crippen molar-refractivity contribution in [1.29, 1.82) is 0 Å². The molecule has 144 valence electrons. The van der Waals surface area contributed by atoms with E-state index in [2.05, 4.69) is 5.32 Å². The molecule has 0 bridgehead atoms. The Kier molecular flexibility index (Phi) is 7.12. The van der Waals surface area contributed by atoms with Crippen molar-refractivity contribution < 1.29 is 32.2 Å². The van der Waals surface area contributed by atoms with E-state index in [9.17, 15) is 22.8 Å². The highest BCUT2D eigenvalue weighted by Gasteiger charge is 2.21. The second-order valence-corrected chi connectivity index (χ2v) is 6.36. The zero-order valence-electron chi connectivity index (χ0n) is 14.4. The molecule has 0 aliphatic heterocycles. The van der Waals surface area contributed by atoms with Gasteiger partial charge in [-0.3, -0.25) is 9.59 Å². The van der Waals surface area contributed by atoms with Gasteiger partial charge in [0, 0.05) is 4.90 Å². The van der Waals surface area contributed by atoms with Crippen LogP contribution in [0.2, 0.25) is 0 Å². The number of halogens is 3. The Labute approximate surface area is 157 Å². The summed E-state index contributed by atoms with van der Waals surface area (Å²) in [6, 6.07) is 8.55. The van der Waals surface area contributed by atoms with Gasteiger partial charge < -0.3 is 14.8 Å². The Hall–Kier alpha value is -2.68. The first-order valence-corrected chi connectivity index (χ1v) is 8.71. The molecule has 0 saturated heterocycles. The molecule has 0 unspecified atom stereocenters. The van der Waals surface area contributed by atoms with Crippen LogP contribution in [0.4, 0.5) is 18.9 Å². The van der Waals surface area contributed by atoms with Gasteiger partial charge in [-0.1, -0.05) is 0 Å². The second-order valence-electron chi connectivity index (χ2n) is 5.31. The third-order valence-electron chi connectivity index (χ3n) is 3.39. The third-order valence-corrected chi connectivity index (χ3v) is 4.37. The number of benzene rings is 2. The fourth-order valence-corrected chi connectivity index (χ4v) is 2.64. The van der Waals surface area contributed by atoms with Gasteiger partial charge in [-0.05, 0) is 43.3 Å². The zero-order valence-corrected chi connectivity index (χ0v) is 15.2. The van der Waals surface area contributed by atoms with Crippen LogP contribution >= 0.6 is 11.8 Å². The molecular formula is C18H16F3NO4S. The lowest BCUT2D eigenvalue weighted by atomic mass is 10.2. The molecular weight excluding hydrogens is 383 g/mol. The standard InChI is InChI=1S/C18H16F3NO4S/c1-10(18(24)22-14-8-7-13(19)16(20)17(14)21)26-15(23)9-27-12-5-3-11(25-2)4-6-12/h3-8,10H,9H2,1-2H3,(H,22,24)/t10-/m0/s1. The molecule has 5 nitrogen and oxygen atoms in total. The minimum Gasteiger partial charge on any atom is -0.497 e. The SMILES string of the molecule is COc1ccc(SCC(=O)O[C@@H](C)C(=O)Nc2ccc(F)c(F)c2F)cc1. The Morgan fingerprint density at radius 3 is 2.37 bits per heavy atom. The molecule has 2 aromatic rings. The third kappa shape index (κ3) is 5.65. The summed E-state index contributed by atoms with van der Waals surface area (Å²) in [7, 11) is 1.54. The maximum atomic E-state index is 13.6. The van der Waals surface area contributed by atoms with Gasteiger partial charge >= 0.3 is 5.97 Å². The Balaban J connectivity index is 1.86. The number of nitrogens with one attached hydrogen (secondary N) is 1. The molecule has 0 fully saturated rings. The van der Waals surface area contributed by atoms with Crippen molar-refractivity contribution in [1.82, 2.24) is 0 Å². The molecule has 0 aliphatic carbocycles. The number of hydrogen-bond donors (Lipinski definition) is 1. The van der Waals surface area contributed by atoms with Crippen molar-refractivity contribution in [2.45, 2.75) is 17.9 Å². The molecule has 1 atom stereocenters. The number of esters is 1. The zero-order chi connectivity index (χ0) is 20.0. The number of ether oxygens (including phenoxy) is 2. The van der Waals surface area contributed by atoms with Crippen LogP contribution in [-0.2, 0) is 14.3 Å². The maximum Gasteiger partial charge on any atom is 0.317 e. The van der Waals surface area contributed by atoms with Gasteiger partial charge in [0.25, 0.3) is 5.91 Å². The smallest absolute Gasteiger partial charge is 0.317 e. The van der Waals surface area contributed by atoms with Crippen molar-refractivity contribution >= 4 is 29.3 Å². The highest BCUT2D eigenvalue weighted by molar-refractivity contribution is 8.00. The molecule has 9 heteroatoms. The summed E-state index contributed by atoms with van der Waals surface area (Å²) in [5, 5.41) is 2.05. The van der Waals surface area contributed by atoms with Gasteiger partial charge in [0.2, 0.25) is 0 Å². The molecule has 0 spiro atoms. The van der Waals surface area contributed by atoms with Gasteiger partial charge in [-0.25, -0.2) is 13.2 Å². The number of carbonyl (C=O) groups excluding carboxylic acids is 2. The van der Waals surface area contributed by atoms with Gasteiger partial charge in [-0.2, -0.15) is 0 Å². The molecule has 1 N–H and O–H groups in total. The minimum absolute atomic E-state index is 0.0521. The number of hydrogen-bond acceptors (Lipinski definition) is 5. The van der Waals surface area contributed by atoms with E-state index in [-0.39, 0.29) is 5.75 Å². The minimum atomic E-state index is -1.70. The summed E-state index contributed by atoms with van der Waals surface area (Å²) in [5.41, 5.74) is -0.547. The summed E-state index contributed by atoms with van der Waals surface area (Å²) >= 11 is 1.20. The lowest BCUT2D eigenvalue weighted by molar-refractivity contribution is -0.150. The fourth-order valence-electron chi connectivity index (χ4n) is 1.96. The molecule has 0 saturated carbocycles. The van der Waals surface area contributed by atoms with E-state index in [0.29, 0.717) is 11.8 Å².